The number of carbonyl (C=O) groups is 1. The van der Waals surface area contributed by atoms with Crippen LogP contribution in [0.15, 0.2) is 58.5 Å². The maximum absolute atomic E-state index is 13.3. The summed E-state index contributed by atoms with van der Waals surface area (Å²) in [5.41, 5.74) is 0.142. The number of carbonyl (C=O) groups excluding carboxylic acids is 1. The Balaban J connectivity index is 1.48. The zero-order valence-corrected chi connectivity index (χ0v) is 22.1. The second kappa shape index (κ2) is 8.76. The van der Waals surface area contributed by atoms with Gasteiger partial charge in [0.2, 0.25) is 0 Å². The molecule has 196 valence electrons. The second-order valence-corrected chi connectivity index (χ2v) is 12.7. The zero-order chi connectivity index (χ0) is 26.6. The molecule has 0 saturated heterocycles. The van der Waals surface area contributed by atoms with Gasteiger partial charge in [-0.15, -0.1) is 0 Å². The van der Waals surface area contributed by atoms with E-state index in [2.05, 4.69) is 15.3 Å². The fraction of sp³-hybridized carbons (Fsp3) is 0.423. The number of fused-ring (bicyclic) bond motifs is 3. The Morgan fingerprint density at radius 2 is 1.84 bits per heavy atom. The Morgan fingerprint density at radius 1 is 1.16 bits per heavy atom. The summed E-state index contributed by atoms with van der Waals surface area (Å²) in [6, 6.07) is 9.74. The molecular weight excluding hydrogens is 494 g/mol. The lowest BCUT2D eigenvalue weighted by molar-refractivity contribution is 0.0427. The zero-order valence-electron chi connectivity index (χ0n) is 21.3. The smallest absolute Gasteiger partial charge is 0.408 e. The Kier molecular flexibility index (Phi) is 5.93. The molecule has 11 heteroatoms. The summed E-state index contributed by atoms with van der Waals surface area (Å²) in [4.78, 5) is 32.8. The van der Waals surface area contributed by atoms with Gasteiger partial charge in [-0.1, -0.05) is 18.2 Å². The summed E-state index contributed by atoms with van der Waals surface area (Å²) in [7, 11) is -3.86. The molecule has 2 N–H and O–H groups in total. The highest BCUT2D eigenvalue weighted by Gasteiger charge is 2.35. The number of rotatable bonds is 4. The highest BCUT2D eigenvalue weighted by atomic mass is 32.2. The van der Waals surface area contributed by atoms with Crippen LogP contribution in [0.1, 0.15) is 59.4 Å². The number of amides is 1. The average Bonchev–Trinajstić information content (AvgIpc) is 3.39. The number of pyridine rings is 1. The molecule has 10 nitrogen and oxygen atoms in total. The van der Waals surface area contributed by atoms with Gasteiger partial charge in [-0.2, -0.15) is 0 Å². The van der Waals surface area contributed by atoms with E-state index in [-0.39, 0.29) is 22.3 Å². The number of aromatic amines is 1. The molecule has 3 aromatic heterocycles. The predicted molar refractivity (Wildman–Crippen MR) is 140 cm³/mol. The van der Waals surface area contributed by atoms with Crippen molar-refractivity contribution in [2.45, 2.75) is 75.5 Å². The fourth-order valence-corrected chi connectivity index (χ4v) is 6.42. The van der Waals surface area contributed by atoms with Gasteiger partial charge >= 0.3 is 11.8 Å². The summed E-state index contributed by atoms with van der Waals surface area (Å²) in [6.07, 6.45) is 5.17. The minimum atomic E-state index is -3.86. The van der Waals surface area contributed by atoms with Crippen molar-refractivity contribution < 1.29 is 17.9 Å². The molecule has 3 heterocycles. The van der Waals surface area contributed by atoms with Gasteiger partial charge in [0.1, 0.15) is 5.60 Å². The SMILES string of the molecule is CC1(NC(=O)OC(C)(C)C)CCC(n2c(=O)[nH]c3cnc4c(ccn4S(=O)(=O)c4ccccc4)c32)CC1. The molecule has 1 amide bonds. The van der Waals surface area contributed by atoms with Crippen molar-refractivity contribution in [1.29, 1.82) is 0 Å². The third-order valence-electron chi connectivity index (χ3n) is 6.88. The minimum absolute atomic E-state index is 0.116. The maximum Gasteiger partial charge on any atom is 0.408 e. The van der Waals surface area contributed by atoms with Gasteiger partial charge in [-0.05, 0) is 71.6 Å². The molecule has 5 rings (SSSR count). The number of H-pyrrole nitrogens is 1. The van der Waals surface area contributed by atoms with Crippen molar-refractivity contribution in [2.24, 2.45) is 0 Å². The first-order valence-electron chi connectivity index (χ1n) is 12.3. The van der Waals surface area contributed by atoms with Gasteiger partial charge in [0.05, 0.1) is 22.1 Å². The van der Waals surface area contributed by atoms with Gasteiger partial charge in [-0.3, -0.25) is 4.57 Å². The molecule has 0 spiro atoms. The molecule has 0 bridgehead atoms. The molecule has 0 radical (unpaired) electrons. The van der Waals surface area contributed by atoms with Crippen LogP contribution in [0.25, 0.3) is 22.1 Å². The highest BCUT2D eigenvalue weighted by molar-refractivity contribution is 7.90. The molecule has 0 unspecified atom stereocenters. The molecule has 37 heavy (non-hydrogen) atoms. The van der Waals surface area contributed by atoms with Crippen molar-refractivity contribution >= 4 is 38.2 Å². The van der Waals surface area contributed by atoms with Gasteiger partial charge < -0.3 is 15.0 Å². The van der Waals surface area contributed by atoms with Crippen LogP contribution in [0.2, 0.25) is 0 Å². The number of nitrogens with one attached hydrogen (secondary N) is 2. The maximum atomic E-state index is 13.3. The first kappa shape index (κ1) is 25.1. The van der Waals surface area contributed by atoms with E-state index in [4.69, 9.17) is 4.74 Å². The summed E-state index contributed by atoms with van der Waals surface area (Å²) in [6.45, 7) is 7.46. The Hall–Kier alpha value is -3.60. The van der Waals surface area contributed by atoms with Crippen LogP contribution in [-0.4, -0.2) is 44.2 Å². The van der Waals surface area contributed by atoms with Crippen LogP contribution in [0.4, 0.5) is 4.79 Å². The summed E-state index contributed by atoms with van der Waals surface area (Å²) < 4.78 is 34.9. The summed E-state index contributed by atoms with van der Waals surface area (Å²) in [5, 5.41) is 3.58. The Morgan fingerprint density at radius 3 is 2.49 bits per heavy atom. The number of hydrogen-bond donors (Lipinski definition) is 2. The predicted octanol–water partition coefficient (Wildman–Crippen LogP) is 4.31. The van der Waals surface area contributed by atoms with Crippen LogP contribution in [0, 0.1) is 0 Å². The average molecular weight is 526 g/mol. The molecule has 0 atom stereocenters. The highest BCUT2D eigenvalue weighted by Crippen LogP contribution is 2.37. The van der Waals surface area contributed by atoms with Gasteiger partial charge in [0, 0.05) is 23.2 Å². The molecule has 1 aliphatic rings. The third-order valence-corrected chi connectivity index (χ3v) is 8.56. The summed E-state index contributed by atoms with van der Waals surface area (Å²) in [5.74, 6) is 0. The topological polar surface area (TPSA) is 128 Å². The van der Waals surface area contributed by atoms with Crippen LogP contribution in [-0.2, 0) is 14.8 Å². The van der Waals surface area contributed by atoms with E-state index in [9.17, 15) is 18.0 Å². The lowest BCUT2D eigenvalue weighted by atomic mass is 9.80. The normalized spacial score (nSPS) is 20.8. The molecule has 1 fully saturated rings. The van der Waals surface area contributed by atoms with E-state index in [1.807, 2.05) is 27.7 Å². The van der Waals surface area contributed by atoms with Crippen molar-refractivity contribution in [2.75, 3.05) is 0 Å². The number of imidazole rings is 1. The van der Waals surface area contributed by atoms with E-state index in [0.29, 0.717) is 42.1 Å². The molecule has 1 aliphatic carbocycles. The van der Waals surface area contributed by atoms with Crippen molar-refractivity contribution in [3.05, 3.63) is 59.3 Å². The lowest BCUT2D eigenvalue weighted by Gasteiger charge is -2.38. The summed E-state index contributed by atoms with van der Waals surface area (Å²) >= 11 is 0. The van der Waals surface area contributed by atoms with E-state index in [0.717, 1.165) is 3.97 Å². The van der Waals surface area contributed by atoms with E-state index >= 15 is 0 Å². The van der Waals surface area contributed by atoms with Crippen molar-refractivity contribution in [1.82, 2.24) is 23.8 Å². The Labute approximate surface area is 214 Å². The minimum Gasteiger partial charge on any atom is -0.444 e. The monoisotopic (exact) mass is 525 g/mol. The fourth-order valence-electron chi connectivity index (χ4n) is 5.10. The van der Waals surface area contributed by atoms with Gasteiger partial charge in [0.25, 0.3) is 10.0 Å². The van der Waals surface area contributed by atoms with Crippen LogP contribution >= 0.6 is 0 Å². The number of alkyl carbamates (subject to hydrolysis) is 1. The van der Waals surface area contributed by atoms with Crippen molar-refractivity contribution in [3.63, 3.8) is 0 Å². The quantitative estimate of drug-likeness (QED) is 0.409. The molecule has 1 saturated carbocycles. The van der Waals surface area contributed by atoms with Crippen LogP contribution in [0.5, 0.6) is 0 Å². The third kappa shape index (κ3) is 4.63. The van der Waals surface area contributed by atoms with E-state index in [1.165, 1.54) is 24.5 Å². The number of nitrogens with zero attached hydrogens (tertiary/aromatic N) is 3. The van der Waals surface area contributed by atoms with Crippen LogP contribution < -0.4 is 11.0 Å². The number of benzene rings is 1. The molecule has 1 aromatic carbocycles. The number of ether oxygens (including phenoxy) is 1. The number of aromatic nitrogens is 4. The first-order chi connectivity index (χ1) is 17.4. The molecule has 4 aromatic rings. The van der Waals surface area contributed by atoms with Crippen LogP contribution in [0.3, 0.4) is 0 Å². The first-order valence-corrected chi connectivity index (χ1v) is 13.7. The Bertz CT molecular complexity index is 1640. The van der Waals surface area contributed by atoms with E-state index in [1.54, 1.807) is 28.8 Å². The molecular formula is C26H31N5O5S. The van der Waals surface area contributed by atoms with Crippen molar-refractivity contribution in [3.8, 4) is 0 Å². The molecule has 0 aliphatic heterocycles. The largest absolute Gasteiger partial charge is 0.444 e. The lowest BCUT2D eigenvalue weighted by Crippen LogP contribution is -2.50. The number of hydrogen-bond acceptors (Lipinski definition) is 6. The van der Waals surface area contributed by atoms with E-state index < -0.39 is 27.3 Å². The van der Waals surface area contributed by atoms with Gasteiger partial charge in [0.15, 0.2) is 5.65 Å². The standard InChI is InChI=1S/C26H31N5O5S/c1-25(2,3)36-24(33)29-26(4)13-10-17(11-14-26)31-21-19-12-15-30(22(19)27-16-20(21)28-23(31)32)37(34,35)18-8-6-5-7-9-18/h5-9,12,15-17H,10-11,13-14H2,1-4H3,(H,28,32)(H,29,33). The van der Waals surface area contributed by atoms with Gasteiger partial charge in [-0.25, -0.2) is 27.0 Å². The second-order valence-electron chi connectivity index (χ2n) is 10.9.